The van der Waals surface area contributed by atoms with E-state index < -0.39 is 10.0 Å². The molecule has 0 aliphatic carbocycles. The van der Waals surface area contributed by atoms with Crippen LogP contribution in [0.5, 0.6) is 0 Å². The first-order valence-corrected chi connectivity index (χ1v) is 8.72. The van der Waals surface area contributed by atoms with Gasteiger partial charge in [-0.15, -0.1) is 11.3 Å². The largest absolute Gasteiger partial charge is 0.326 e. The van der Waals surface area contributed by atoms with E-state index in [9.17, 15) is 13.2 Å². The summed E-state index contributed by atoms with van der Waals surface area (Å²) in [7, 11) is -3.57. The maximum atomic E-state index is 12.3. The van der Waals surface area contributed by atoms with Crippen molar-refractivity contribution in [2.45, 2.75) is 24.8 Å². The van der Waals surface area contributed by atoms with Crippen molar-refractivity contribution < 1.29 is 13.2 Å². The number of sulfonamides is 1. The van der Waals surface area contributed by atoms with Crippen molar-refractivity contribution in [1.82, 2.24) is 4.72 Å². The van der Waals surface area contributed by atoms with Crippen LogP contribution >= 0.6 is 11.3 Å². The number of nitrogens with one attached hydrogen (secondary N) is 2. The highest BCUT2D eigenvalue weighted by Crippen LogP contribution is 2.26. The van der Waals surface area contributed by atoms with Gasteiger partial charge >= 0.3 is 0 Å². The fourth-order valence-electron chi connectivity index (χ4n) is 2.20. The SMILES string of the molecule is Cc1ccc(CNS(=O)(=O)c2ccc3c(c2)CC(=O)N3)s1. The maximum Gasteiger partial charge on any atom is 0.240 e. The molecule has 1 aromatic carbocycles. The number of hydrogen-bond donors (Lipinski definition) is 2. The molecule has 2 aromatic rings. The predicted octanol–water partition coefficient (Wildman–Crippen LogP) is 2.03. The van der Waals surface area contributed by atoms with E-state index in [2.05, 4.69) is 10.0 Å². The molecule has 0 saturated heterocycles. The van der Waals surface area contributed by atoms with Gasteiger partial charge in [0.2, 0.25) is 15.9 Å². The van der Waals surface area contributed by atoms with Gasteiger partial charge in [0.05, 0.1) is 11.3 Å². The fourth-order valence-corrected chi connectivity index (χ4v) is 4.18. The minimum absolute atomic E-state index is 0.110. The molecule has 1 aliphatic rings. The fraction of sp³-hybridized carbons (Fsp3) is 0.214. The molecule has 0 atom stereocenters. The summed E-state index contributed by atoms with van der Waals surface area (Å²) in [6.45, 7) is 2.25. The highest BCUT2D eigenvalue weighted by molar-refractivity contribution is 7.89. The van der Waals surface area contributed by atoms with Crippen LogP contribution in [-0.4, -0.2) is 14.3 Å². The summed E-state index contributed by atoms with van der Waals surface area (Å²) in [6, 6.07) is 8.56. The van der Waals surface area contributed by atoms with E-state index in [1.807, 2.05) is 19.1 Å². The van der Waals surface area contributed by atoms with Crippen LogP contribution in [0.2, 0.25) is 0 Å². The van der Waals surface area contributed by atoms with E-state index in [-0.39, 0.29) is 23.8 Å². The molecule has 0 bridgehead atoms. The van der Waals surface area contributed by atoms with Gasteiger partial charge in [0.25, 0.3) is 0 Å². The Balaban J connectivity index is 1.79. The first kappa shape index (κ1) is 14.2. The summed E-state index contributed by atoms with van der Waals surface area (Å²) in [5, 5.41) is 2.68. The molecule has 0 radical (unpaired) electrons. The van der Waals surface area contributed by atoms with Crippen LogP contribution in [-0.2, 0) is 27.8 Å². The van der Waals surface area contributed by atoms with Crippen molar-refractivity contribution in [3.63, 3.8) is 0 Å². The molecule has 2 heterocycles. The Morgan fingerprint density at radius 3 is 2.81 bits per heavy atom. The molecule has 110 valence electrons. The van der Waals surface area contributed by atoms with Gasteiger partial charge in [-0.3, -0.25) is 4.79 Å². The van der Waals surface area contributed by atoms with Crippen LogP contribution < -0.4 is 10.0 Å². The Labute approximate surface area is 127 Å². The first-order valence-electron chi connectivity index (χ1n) is 6.42. The molecule has 2 N–H and O–H groups in total. The molecule has 7 heteroatoms. The average Bonchev–Trinajstić information content (AvgIpc) is 3.00. The van der Waals surface area contributed by atoms with E-state index in [4.69, 9.17) is 0 Å². The first-order chi connectivity index (χ1) is 9.94. The van der Waals surface area contributed by atoms with Crippen LogP contribution in [0.3, 0.4) is 0 Å². The third-order valence-corrected chi connectivity index (χ3v) is 5.64. The normalized spacial score (nSPS) is 14.0. The van der Waals surface area contributed by atoms with E-state index in [0.717, 1.165) is 15.3 Å². The number of anilines is 1. The molecule has 5 nitrogen and oxygen atoms in total. The molecule has 1 aliphatic heterocycles. The third kappa shape index (κ3) is 2.99. The number of carbonyl (C=O) groups excluding carboxylic acids is 1. The minimum atomic E-state index is -3.57. The quantitative estimate of drug-likeness (QED) is 0.904. The lowest BCUT2D eigenvalue weighted by molar-refractivity contribution is -0.115. The van der Waals surface area contributed by atoms with Crippen LogP contribution in [0.4, 0.5) is 5.69 Å². The number of amides is 1. The van der Waals surface area contributed by atoms with Crippen LogP contribution in [0.15, 0.2) is 35.2 Å². The van der Waals surface area contributed by atoms with Crippen LogP contribution in [0, 0.1) is 6.92 Å². The van der Waals surface area contributed by atoms with Gasteiger partial charge < -0.3 is 5.32 Å². The standard InChI is InChI=1S/C14H14N2O3S2/c1-9-2-3-11(20-9)8-15-21(18,19)12-4-5-13-10(6-12)7-14(17)16-13/h2-6,15H,7-8H2,1H3,(H,16,17). The summed E-state index contributed by atoms with van der Waals surface area (Å²) < 4.78 is 27.1. The second kappa shape index (κ2) is 5.25. The van der Waals surface area contributed by atoms with Gasteiger partial charge in [0.1, 0.15) is 0 Å². The zero-order valence-corrected chi connectivity index (χ0v) is 13.0. The van der Waals surface area contributed by atoms with Gasteiger partial charge in [-0.2, -0.15) is 0 Å². The average molecular weight is 322 g/mol. The Morgan fingerprint density at radius 2 is 2.10 bits per heavy atom. The zero-order chi connectivity index (χ0) is 15.0. The smallest absolute Gasteiger partial charge is 0.240 e. The molecule has 0 saturated carbocycles. The molecule has 0 fully saturated rings. The molecule has 0 spiro atoms. The van der Waals surface area contributed by atoms with Gasteiger partial charge in [-0.25, -0.2) is 13.1 Å². The van der Waals surface area contributed by atoms with Crippen molar-refractivity contribution in [2.75, 3.05) is 5.32 Å². The molecular formula is C14H14N2O3S2. The number of carbonyl (C=O) groups is 1. The lowest BCUT2D eigenvalue weighted by atomic mass is 10.2. The summed E-state index contributed by atoms with van der Waals surface area (Å²) >= 11 is 1.56. The number of thiophene rings is 1. The van der Waals surface area contributed by atoms with E-state index in [1.165, 1.54) is 6.07 Å². The van der Waals surface area contributed by atoms with Gasteiger partial charge in [0, 0.05) is 22.0 Å². The topological polar surface area (TPSA) is 75.3 Å². The summed E-state index contributed by atoms with van der Waals surface area (Å²) in [6.07, 6.45) is 0.225. The summed E-state index contributed by atoms with van der Waals surface area (Å²) in [5.74, 6) is -0.110. The maximum absolute atomic E-state index is 12.3. The summed E-state index contributed by atoms with van der Waals surface area (Å²) in [5.41, 5.74) is 1.41. The lowest BCUT2D eigenvalue weighted by Crippen LogP contribution is -2.22. The Kier molecular flexibility index (Phi) is 3.56. The molecule has 3 rings (SSSR count). The zero-order valence-electron chi connectivity index (χ0n) is 11.3. The van der Waals surface area contributed by atoms with E-state index in [0.29, 0.717) is 5.69 Å². The number of benzene rings is 1. The second-order valence-corrected chi connectivity index (χ2v) is 8.02. The van der Waals surface area contributed by atoms with Crippen molar-refractivity contribution in [3.8, 4) is 0 Å². The van der Waals surface area contributed by atoms with Crippen LogP contribution in [0.1, 0.15) is 15.3 Å². The summed E-state index contributed by atoms with van der Waals surface area (Å²) in [4.78, 5) is 13.6. The second-order valence-electron chi connectivity index (χ2n) is 4.88. The Bertz CT molecular complexity index is 809. The molecular weight excluding hydrogens is 308 g/mol. The molecule has 1 amide bonds. The minimum Gasteiger partial charge on any atom is -0.326 e. The van der Waals surface area contributed by atoms with Crippen molar-refractivity contribution >= 4 is 33.0 Å². The van der Waals surface area contributed by atoms with Gasteiger partial charge in [0.15, 0.2) is 0 Å². The number of rotatable bonds is 4. The van der Waals surface area contributed by atoms with Crippen molar-refractivity contribution in [3.05, 3.63) is 45.6 Å². The predicted molar refractivity (Wildman–Crippen MR) is 81.9 cm³/mol. The lowest BCUT2D eigenvalue weighted by Gasteiger charge is -2.07. The van der Waals surface area contributed by atoms with Gasteiger partial charge in [-0.1, -0.05) is 0 Å². The van der Waals surface area contributed by atoms with Crippen molar-refractivity contribution in [2.24, 2.45) is 0 Å². The highest BCUT2D eigenvalue weighted by Gasteiger charge is 2.21. The monoisotopic (exact) mass is 322 g/mol. The Hall–Kier alpha value is -1.70. The molecule has 0 unspecified atom stereocenters. The Morgan fingerprint density at radius 1 is 1.29 bits per heavy atom. The van der Waals surface area contributed by atoms with Crippen molar-refractivity contribution in [1.29, 1.82) is 0 Å². The van der Waals surface area contributed by atoms with E-state index >= 15 is 0 Å². The highest BCUT2D eigenvalue weighted by atomic mass is 32.2. The molecule has 1 aromatic heterocycles. The number of hydrogen-bond acceptors (Lipinski definition) is 4. The number of fused-ring (bicyclic) bond motifs is 1. The molecule has 21 heavy (non-hydrogen) atoms. The van der Waals surface area contributed by atoms with Crippen LogP contribution in [0.25, 0.3) is 0 Å². The van der Waals surface area contributed by atoms with E-state index in [1.54, 1.807) is 23.5 Å². The van der Waals surface area contributed by atoms with Gasteiger partial charge in [-0.05, 0) is 42.8 Å². The third-order valence-electron chi connectivity index (χ3n) is 3.24. The number of aryl methyl sites for hydroxylation is 1.